The Morgan fingerprint density at radius 2 is 1.45 bits per heavy atom. The van der Waals surface area contributed by atoms with Crippen LogP contribution in [0.25, 0.3) is 0 Å². The van der Waals surface area contributed by atoms with E-state index in [-0.39, 0.29) is 10.8 Å². The molecular weight excluding hydrogens is 455 g/mol. The van der Waals surface area contributed by atoms with Gasteiger partial charge >= 0.3 is 6.18 Å². The molecule has 2 aromatic rings. The molecule has 0 unspecified atom stereocenters. The molecule has 10 heteroatoms. The van der Waals surface area contributed by atoms with Crippen LogP contribution in [0.15, 0.2) is 53.4 Å². The molecule has 0 radical (unpaired) electrons. The molecular formula is C23H26F3N3O3S. The lowest BCUT2D eigenvalue weighted by Gasteiger charge is -2.36. The van der Waals surface area contributed by atoms with Gasteiger partial charge < -0.3 is 9.80 Å². The largest absolute Gasteiger partial charge is 0.416 e. The quantitative estimate of drug-likeness (QED) is 0.666. The summed E-state index contributed by atoms with van der Waals surface area (Å²) in [5.41, 5.74) is 0.169. The van der Waals surface area contributed by atoms with Crippen LogP contribution in [-0.4, -0.2) is 62.8 Å². The molecule has 2 aliphatic heterocycles. The van der Waals surface area contributed by atoms with Crippen LogP contribution >= 0.6 is 0 Å². The van der Waals surface area contributed by atoms with Gasteiger partial charge in [-0.3, -0.25) is 4.79 Å². The third-order valence-electron chi connectivity index (χ3n) is 6.16. The molecule has 0 saturated carbocycles. The van der Waals surface area contributed by atoms with Gasteiger partial charge in [-0.2, -0.15) is 17.5 Å². The molecule has 2 aromatic carbocycles. The fraction of sp³-hybridized carbons (Fsp3) is 0.435. The van der Waals surface area contributed by atoms with Gasteiger partial charge in [0.25, 0.3) is 5.91 Å². The van der Waals surface area contributed by atoms with Gasteiger partial charge in [0.15, 0.2) is 0 Å². The van der Waals surface area contributed by atoms with E-state index in [2.05, 4.69) is 0 Å². The predicted molar refractivity (Wildman–Crippen MR) is 119 cm³/mol. The van der Waals surface area contributed by atoms with E-state index >= 15 is 0 Å². The topological polar surface area (TPSA) is 60.9 Å². The van der Waals surface area contributed by atoms with E-state index in [1.54, 1.807) is 11.0 Å². The maximum atomic E-state index is 13.0. The zero-order valence-corrected chi connectivity index (χ0v) is 18.9. The van der Waals surface area contributed by atoms with E-state index in [0.717, 1.165) is 31.4 Å². The number of carbonyl (C=O) groups excluding carboxylic acids is 1. The van der Waals surface area contributed by atoms with Crippen LogP contribution in [0.4, 0.5) is 18.9 Å². The Balaban J connectivity index is 1.39. The number of alkyl halides is 3. The van der Waals surface area contributed by atoms with Crippen LogP contribution in [0.5, 0.6) is 0 Å². The van der Waals surface area contributed by atoms with Crippen LogP contribution in [0.1, 0.15) is 35.2 Å². The molecule has 2 aliphatic rings. The summed E-state index contributed by atoms with van der Waals surface area (Å²) in [6, 6.07) is 11.2. The molecule has 0 aliphatic carbocycles. The normalized spacial score (nSPS) is 18.4. The number of sulfonamides is 1. The van der Waals surface area contributed by atoms with Crippen LogP contribution in [0.2, 0.25) is 0 Å². The average Bonchev–Trinajstić information content (AvgIpc) is 2.84. The molecule has 2 heterocycles. The summed E-state index contributed by atoms with van der Waals surface area (Å²) < 4.78 is 66.0. The summed E-state index contributed by atoms with van der Waals surface area (Å²) in [5.74, 6) is -0.222. The van der Waals surface area contributed by atoms with Crippen molar-refractivity contribution in [3.8, 4) is 0 Å². The van der Waals surface area contributed by atoms with E-state index in [9.17, 15) is 26.4 Å². The number of anilines is 1. The van der Waals surface area contributed by atoms with Crippen LogP contribution < -0.4 is 4.90 Å². The number of rotatable bonds is 4. The predicted octanol–water partition coefficient (Wildman–Crippen LogP) is 3.84. The monoisotopic (exact) mass is 481 g/mol. The SMILES string of the molecule is O=C(c1ccc(S(=O)(=O)N2CCCCC2)cc1)N1CCN(c2cccc(C(F)(F)F)c2)CC1. The van der Waals surface area contributed by atoms with E-state index in [1.807, 2.05) is 4.90 Å². The zero-order valence-electron chi connectivity index (χ0n) is 18.1. The molecule has 178 valence electrons. The maximum Gasteiger partial charge on any atom is 0.416 e. The van der Waals surface area contributed by atoms with Crippen molar-refractivity contribution in [2.24, 2.45) is 0 Å². The van der Waals surface area contributed by atoms with Crippen LogP contribution in [-0.2, 0) is 16.2 Å². The Morgan fingerprint density at radius 1 is 0.818 bits per heavy atom. The van der Waals surface area contributed by atoms with Crippen molar-refractivity contribution in [3.63, 3.8) is 0 Å². The van der Waals surface area contributed by atoms with E-state index in [1.165, 1.54) is 34.6 Å². The summed E-state index contributed by atoms with van der Waals surface area (Å²) in [5, 5.41) is 0. The lowest BCUT2D eigenvalue weighted by molar-refractivity contribution is -0.137. The first kappa shape index (κ1) is 23.6. The van der Waals surface area contributed by atoms with Gasteiger partial charge in [-0.15, -0.1) is 0 Å². The molecule has 2 fully saturated rings. The second-order valence-electron chi connectivity index (χ2n) is 8.32. The van der Waals surface area contributed by atoms with Gasteiger partial charge in [0.1, 0.15) is 0 Å². The minimum atomic E-state index is -4.40. The fourth-order valence-electron chi connectivity index (χ4n) is 4.25. The summed E-state index contributed by atoms with van der Waals surface area (Å²) in [4.78, 5) is 16.5. The highest BCUT2D eigenvalue weighted by Gasteiger charge is 2.31. The highest BCUT2D eigenvalue weighted by Crippen LogP contribution is 2.32. The van der Waals surface area contributed by atoms with E-state index in [0.29, 0.717) is 50.5 Å². The fourth-order valence-corrected chi connectivity index (χ4v) is 5.77. The molecule has 0 spiro atoms. The smallest absolute Gasteiger partial charge is 0.368 e. The van der Waals surface area contributed by atoms with Crippen LogP contribution in [0.3, 0.4) is 0 Å². The Kier molecular flexibility index (Phi) is 6.67. The highest BCUT2D eigenvalue weighted by molar-refractivity contribution is 7.89. The van der Waals surface area contributed by atoms with Crippen molar-refractivity contribution in [1.29, 1.82) is 0 Å². The van der Waals surface area contributed by atoms with Crippen molar-refractivity contribution in [2.45, 2.75) is 30.3 Å². The number of halogens is 3. The first-order chi connectivity index (χ1) is 15.7. The summed E-state index contributed by atoms with van der Waals surface area (Å²) in [6.45, 7) is 2.58. The molecule has 2 saturated heterocycles. The Morgan fingerprint density at radius 3 is 2.06 bits per heavy atom. The molecule has 0 atom stereocenters. The first-order valence-electron chi connectivity index (χ1n) is 11.0. The number of piperidine rings is 1. The molecule has 1 amide bonds. The number of hydrogen-bond acceptors (Lipinski definition) is 4. The number of hydrogen-bond donors (Lipinski definition) is 0. The second-order valence-corrected chi connectivity index (χ2v) is 10.3. The van der Waals surface area contributed by atoms with E-state index in [4.69, 9.17) is 0 Å². The summed E-state index contributed by atoms with van der Waals surface area (Å²) in [7, 11) is -3.56. The van der Waals surface area contributed by atoms with Crippen molar-refractivity contribution in [1.82, 2.24) is 9.21 Å². The van der Waals surface area contributed by atoms with E-state index < -0.39 is 21.8 Å². The number of nitrogens with zero attached hydrogens (tertiary/aromatic N) is 3. The Hall–Kier alpha value is -2.59. The summed E-state index contributed by atoms with van der Waals surface area (Å²) >= 11 is 0. The lowest BCUT2D eigenvalue weighted by atomic mass is 10.1. The third-order valence-corrected chi connectivity index (χ3v) is 8.07. The van der Waals surface area contributed by atoms with Gasteiger partial charge in [0, 0.05) is 50.5 Å². The molecule has 4 rings (SSSR count). The maximum absolute atomic E-state index is 13.0. The summed E-state index contributed by atoms with van der Waals surface area (Å²) in [6.07, 6.45) is -1.67. The average molecular weight is 482 g/mol. The van der Waals surface area contributed by atoms with Gasteiger partial charge in [0.2, 0.25) is 10.0 Å². The van der Waals surface area contributed by atoms with Gasteiger partial charge in [-0.25, -0.2) is 8.42 Å². The number of piperazine rings is 1. The molecule has 0 aromatic heterocycles. The van der Waals surface area contributed by atoms with Gasteiger partial charge in [-0.05, 0) is 55.3 Å². The second kappa shape index (κ2) is 9.34. The minimum Gasteiger partial charge on any atom is -0.368 e. The van der Waals surface area contributed by atoms with Crippen molar-refractivity contribution in [2.75, 3.05) is 44.2 Å². The van der Waals surface area contributed by atoms with Crippen molar-refractivity contribution < 1.29 is 26.4 Å². The first-order valence-corrected chi connectivity index (χ1v) is 12.4. The third kappa shape index (κ3) is 5.16. The molecule has 6 nitrogen and oxygen atoms in total. The molecule has 0 bridgehead atoms. The van der Waals surface area contributed by atoms with Crippen molar-refractivity contribution in [3.05, 3.63) is 59.7 Å². The minimum absolute atomic E-state index is 0.176. The highest BCUT2D eigenvalue weighted by atomic mass is 32.2. The van der Waals surface area contributed by atoms with Crippen molar-refractivity contribution >= 4 is 21.6 Å². The van der Waals surface area contributed by atoms with Crippen LogP contribution in [0, 0.1) is 0 Å². The molecule has 33 heavy (non-hydrogen) atoms. The standard InChI is InChI=1S/C23H26F3N3O3S/c24-23(25,26)19-5-4-6-20(17-19)27-13-15-28(16-14-27)22(30)18-7-9-21(10-8-18)33(31,32)29-11-2-1-3-12-29/h4-10,17H,1-3,11-16H2. The van der Waals surface area contributed by atoms with Gasteiger partial charge in [0.05, 0.1) is 10.5 Å². The Labute approximate surface area is 191 Å². The Bertz CT molecular complexity index is 1090. The number of benzene rings is 2. The zero-order chi connectivity index (χ0) is 23.6. The van der Waals surface area contributed by atoms with Gasteiger partial charge in [-0.1, -0.05) is 12.5 Å². The number of amides is 1. The lowest BCUT2D eigenvalue weighted by Crippen LogP contribution is -2.48. The molecule has 0 N–H and O–H groups in total. The number of carbonyl (C=O) groups is 1.